The Morgan fingerprint density at radius 1 is 1.19 bits per heavy atom. The number of non-ortho nitro benzene ring substituents is 1. The number of aromatic amines is 1. The van der Waals surface area contributed by atoms with Crippen LogP contribution in [0.5, 0.6) is 0 Å². The smallest absolute Gasteiger partial charge is 0.280 e. The van der Waals surface area contributed by atoms with Crippen molar-refractivity contribution < 1.29 is 4.92 Å². The molecule has 0 aliphatic heterocycles. The summed E-state index contributed by atoms with van der Waals surface area (Å²) in [5, 5.41) is 13.9. The number of nitrogens with one attached hydrogen (secondary N) is 1. The summed E-state index contributed by atoms with van der Waals surface area (Å²) < 4.78 is 2.34. The summed E-state index contributed by atoms with van der Waals surface area (Å²) >= 11 is 6.56. The van der Waals surface area contributed by atoms with Crippen molar-refractivity contribution in [1.82, 2.24) is 9.78 Å². The number of hydrogen-bond acceptors (Lipinski definition) is 4. The summed E-state index contributed by atoms with van der Waals surface area (Å²) in [6.07, 6.45) is 1.45. The van der Waals surface area contributed by atoms with E-state index >= 15 is 0 Å². The maximum absolute atomic E-state index is 12.7. The highest BCUT2D eigenvalue weighted by Gasteiger charge is 2.14. The second-order valence-electron chi connectivity index (χ2n) is 5.40. The Kier molecular flexibility index (Phi) is 5.19. The molecule has 0 spiro atoms. The maximum atomic E-state index is 12.7. The van der Waals surface area contributed by atoms with Gasteiger partial charge >= 0.3 is 0 Å². The molecule has 0 fully saturated rings. The summed E-state index contributed by atoms with van der Waals surface area (Å²) in [6.45, 7) is 1.78. The fourth-order valence-electron chi connectivity index (χ4n) is 2.38. The first-order valence-corrected chi connectivity index (χ1v) is 9.01. The lowest BCUT2D eigenvalue weighted by atomic mass is 10.2. The standard InChI is InChI=1S/C17H12Br2N4O3/c1-10-13(17(24)22(21-10)11-5-3-2-4-6-11)9-20-16-14(18)7-12(23(25)26)8-15(16)19/h2-9,21H,1H3. The van der Waals surface area contributed by atoms with Crippen molar-refractivity contribution in [2.45, 2.75) is 6.92 Å². The van der Waals surface area contributed by atoms with Crippen LogP contribution in [0.25, 0.3) is 5.69 Å². The van der Waals surface area contributed by atoms with Crippen LogP contribution in [-0.2, 0) is 0 Å². The lowest BCUT2D eigenvalue weighted by Crippen LogP contribution is -2.17. The first-order valence-electron chi connectivity index (χ1n) is 7.43. The summed E-state index contributed by atoms with van der Waals surface area (Å²) in [7, 11) is 0. The molecule has 26 heavy (non-hydrogen) atoms. The highest BCUT2D eigenvalue weighted by molar-refractivity contribution is 9.11. The number of aromatic nitrogens is 2. The van der Waals surface area contributed by atoms with Gasteiger partial charge in [0.25, 0.3) is 11.2 Å². The number of H-pyrrole nitrogens is 1. The number of nitro groups is 1. The zero-order chi connectivity index (χ0) is 18.8. The van der Waals surface area contributed by atoms with Crippen LogP contribution in [0, 0.1) is 17.0 Å². The number of aliphatic imine (C=N–C) groups is 1. The molecule has 1 aromatic heterocycles. The Morgan fingerprint density at radius 2 is 1.81 bits per heavy atom. The molecule has 3 aromatic rings. The van der Waals surface area contributed by atoms with Crippen LogP contribution < -0.4 is 5.56 Å². The highest BCUT2D eigenvalue weighted by Crippen LogP contribution is 2.37. The average Bonchev–Trinajstić information content (AvgIpc) is 2.89. The van der Waals surface area contributed by atoms with Crippen molar-refractivity contribution in [1.29, 1.82) is 0 Å². The molecule has 0 amide bonds. The molecule has 7 nitrogen and oxygen atoms in total. The molecule has 0 saturated heterocycles. The van der Waals surface area contributed by atoms with Gasteiger partial charge in [0.05, 0.1) is 30.8 Å². The fraction of sp³-hybridized carbons (Fsp3) is 0.0588. The molecule has 0 aliphatic rings. The Balaban J connectivity index is 2.02. The molecule has 9 heteroatoms. The molecule has 0 aliphatic carbocycles. The Labute approximate surface area is 164 Å². The van der Waals surface area contributed by atoms with Crippen molar-refractivity contribution in [3.8, 4) is 5.69 Å². The van der Waals surface area contributed by atoms with E-state index in [1.165, 1.54) is 23.0 Å². The summed E-state index contributed by atoms with van der Waals surface area (Å²) in [5.41, 5.74) is 1.96. The van der Waals surface area contributed by atoms with E-state index in [0.29, 0.717) is 25.9 Å². The molecule has 1 heterocycles. The van der Waals surface area contributed by atoms with Crippen molar-refractivity contribution in [2.75, 3.05) is 0 Å². The summed E-state index contributed by atoms with van der Waals surface area (Å²) in [4.78, 5) is 27.4. The van der Waals surface area contributed by atoms with E-state index < -0.39 is 4.92 Å². The molecule has 1 N–H and O–H groups in total. The number of nitrogens with zero attached hydrogens (tertiary/aromatic N) is 3. The molecule has 3 rings (SSSR count). The van der Waals surface area contributed by atoms with Crippen LogP contribution in [0.4, 0.5) is 11.4 Å². The number of rotatable bonds is 4. The van der Waals surface area contributed by atoms with Crippen LogP contribution in [0.15, 0.2) is 61.2 Å². The van der Waals surface area contributed by atoms with Gasteiger partial charge < -0.3 is 0 Å². The highest BCUT2D eigenvalue weighted by atomic mass is 79.9. The van der Waals surface area contributed by atoms with Gasteiger partial charge in [-0.3, -0.25) is 25.0 Å². The minimum absolute atomic E-state index is 0.0630. The van der Waals surface area contributed by atoms with E-state index in [9.17, 15) is 14.9 Å². The summed E-state index contributed by atoms with van der Waals surface area (Å²) in [6, 6.07) is 11.9. The zero-order valence-corrected chi connectivity index (χ0v) is 16.6. The molecular formula is C17H12Br2N4O3. The zero-order valence-electron chi connectivity index (χ0n) is 13.4. The molecule has 0 atom stereocenters. The van der Waals surface area contributed by atoms with Gasteiger partial charge in [-0.15, -0.1) is 0 Å². The van der Waals surface area contributed by atoms with Crippen LogP contribution in [0.2, 0.25) is 0 Å². The largest absolute Gasteiger partial charge is 0.295 e. The second-order valence-corrected chi connectivity index (χ2v) is 7.11. The minimum atomic E-state index is -0.488. The Morgan fingerprint density at radius 3 is 2.38 bits per heavy atom. The minimum Gasteiger partial charge on any atom is -0.295 e. The predicted molar refractivity (Wildman–Crippen MR) is 107 cm³/mol. The lowest BCUT2D eigenvalue weighted by Gasteiger charge is -2.02. The third-order valence-electron chi connectivity index (χ3n) is 3.67. The van der Waals surface area contributed by atoms with Crippen LogP contribution in [0.3, 0.4) is 0 Å². The maximum Gasteiger partial charge on any atom is 0.280 e. The van der Waals surface area contributed by atoms with Crippen molar-refractivity contribution in [3.05, 3.63) is 83.1 Å². The quantitative estimate of drug-likeness (QED) is 0.335. The normalized spacial score (nSPS) is 11.2. The second kappa shape index (κ2) is 7.38. The van der Waals surface area contributed by atoms with Gasteiger partial charge in [-0.1, -0.05) is 18.2 Å². The Bertz CT molecular complexity index is 1050. The van der Waals surface area contributed by atoms with Gasteiger partial charge in [0.2, 0.25) is 0 Å². The van der Waals surface area contributed by atoms with Crippen molar-refractivity contribution in [2.24, 2.45) is 4.99 Å². The van der Waals surface area contributed by atoms with Crippen LogP contribution >= 0.6 is 31.9 Å². The first-order chi connectivity index (χ1) is 12.4. The van der Waals surface area contributed by atoms with Gasteiger partial charge in [-0.2, -0.15) is 0 Å². The molecule has 0 radical (unpaired) electrons. The average molecular weight is 480 g/mol. The number of hydrogen-bond donors (Lipinski definition) is 1. The molecule has 0 saturated carbocycles. The van der Waals surface area contributed by atoms with E-state index in [0.717, 1.165) is 5.69 Å². The Hall–Kier alpha value is -2.52. The van der Waals surface area contributed by atoms with Crippen molar-refractivity contribution in [3.63, 3.8) is 0 Å². The SMILES string of the molecule is Cc1[nH]n(-c2ccccc2)c(=O)c1C=Nc1c(Br)cc([N+](=O)[O-])cc1Br. The van der Waals surface area contributed by atoms with Gasteiger partial charge in [-0.05, 0) is 50.9 Å². The lowest BCUT2D eigenvalue weighted by molar-refractivity contribution is -0.385. The van der Waals surface area contributed by atoms with Gasteiger partial charge in [0.1, 0.15) is 0 Å². The molecule has 0 unspecified atom stereocenters. The topological polar surface area (TPSA) is 93.3 Å². The number of halogens is 2. The fourth-order valence-corrected chi connectivity index (χ4v) is 3.75. The molecule has 132 valence electrons. The molecule has 2 aromatic carbocycles. The van der Waals surface area contributed by atoms with E-state index in [1.54, 1.807) is 6.92 Å². The number of benzene rings is 2. The van der Waals surface area contributed by atoms with E-state index in [2.05, 4.69) is 42.0 Å². The third-order valence-corrected chi connectivity index (χ3v) is 4.88. The first kappa shape index (κ1) is 18.3. The predicted octanol–water partition coefficient (Wildman–Crippen LogP) is 4.66. The van der Waals surface area contributed by atoms with Gasteiger partial charge in [-0.25, -0.2) is 4.68 Å². The van der Waals surface area contributed by atoms with E-state index in [1.807, 2.05) is 30.3 Å². The third kappa shape index (κ3) is 3.54. The van der Waals surface area contributed by atoms with Crippen LogP contribution in [-0.4, -0.2) is 20.9 Å². The number of aryl methyl sites for hydroxylation is 1. The monoisotopic (exact) mass is 478 g/mol. The summed E-state index contributed by atoms with van der Waals surface area (Å²) in [5.74, 6) is 0. The van der Waals surface area contributed by atoms with Gasteiger partial charge in [0, 0.05) is 24.0 Å². The van der Waals surface area contributed by atoms with E-state index in [-0.39, 0.29) is 11.2 Å². The number of para-hydroxylation sites is 1. The van der Waals surface area contributed by atoms with Gasteiger partial charge in [0.15, 0.2) is 0 Å². The molecular weight excluding hydrogens is 468 g/mol. The molecule has 0 bridgehead atoms. The van der Waals surface area contributed by atoms with Crippen LogP contribution in [0.1, 0.15) is 11.3 Å². The number of nitro benzene ring substituents is 1. The van der Waals surface area contributed by atoms with Crippen molar-refractivity contribution >= 4 is 49.4 Å². The van der Waals surface area contributed by atoms with E-state index in [4.69, 9.17) is 0 Å².